The molecular weight excluding hydrogens is 448 g/mol. The number of aromatic nitrogens is 2. The van der Waals surface area contributed by atoms with E-state index in [0.29, 0.717) is 18.3 Å². The molecule has 1 N–H and O–H groups in total. The van der Waals surface area contributed by atoms with Gasteiger partial charge in [0.05, 0.1) is 12.6 Å². The van der Waals surface area contributed by atoms with E-state index in [0.717, 1.165) is 48.2 Å². The minimum absolute atomic E-state index is 0.0113. The molecule has 184 valence electrons. The summed E-state index contributed by atoms with van der Waals surface area (Å²) in [7, 11) is 0. The Morgan fingerprint density at radius 3 is 2.36 bits per heavy atom. The first kappa shape index (κ1) is 23.9. The minimum atomic E-state index is -0.157. The molecule has 4 aromatic rings. The molecular formula is C30H32N4O2. The van der Waals surface area contributed by atoms with Crippen LogP contribution in [0.1, 0.15) is 47.0 Å². The number of hydrogen-bond acceptors (Lipinski definition) is 5. The van der Waals surface area contributed by atoms with Crippen LogP contribution in [-0.2, 0) is 11.3 Å². The highest BCUT2D eigenvalue weighted by Gasteiger charge is 2.28. The molecule has 3 aromatic carbocycles. The number of nitrogens with one attached hydrogen (secondary N) is 1. The second-order valence-corrected chi connectivity index (χ2v) is 9.70. The van der Waals surface area contributed by atoms with E-state index in [2.05, 4.69) is 63.7 Å². The first-order valence-corrected chi connectivity index (χ1v) is 12.6. The van der Waals surface area contributed by atoms with Crippen LogP contribution in [-0.4, -0.2) is 34.0 Å². The van der Waals surface area contributed by atoms with E-state index >= 15 is 0 Å². The largest absolute Gasteiger partial charge is 0.345 e. The summed E-state index contributed by atoms with van der Waals surface area (Å²) in [4.78, 5) is 20.2. The van der Waals surface area contributed by atoms with Gasteiger partial charge in [0.15, 0.2) is 0 Å². The van der Waals surface area contributed by atoms with Gasteiger partial charge < -0.3 is 9.84 Å². The average Bonchev–Trinajstić information content (AvgIpc) is 3.36. The average molecular weight is 481 g/mol. The monoisotopic (exact) mass is 480 g/mol. The molecule has 5 rings (SSSR count). The summed E-state index contributed by atoms with van der Waals surface area (Å²) < 4.78 is 5.51. The van der Waals surface area contributed by atoms with Crippen LogP contribution in [0.2, 0.25) is 0 Å². The predicted molar refractivity (Wildman–Crippen MR) is 140 cm³/mol. The maximum atomic E-state index is 13.3. The Kier molecular flexibility index (Phi) is 7.23. The zero-order chi connectivity index (χ0) is 24.9. The molecule has 1 atom stereocenters. The van der Waals surface area contributed by atoms with Crippen molar-refractivity contribution in [3.8, 4) is 11.4 Å². The number of amides is 1. The number of carbonyl (C=O) groups is 1. The van der Waals surface area contributed by atoms with Crippen molar-refractivity contribution in [3.05, 3.63) is 107 Å². The van der Waals surface area contributed by atoms with Crippen molar-refractivity contribution in [1.29, 1.82) is 0 Å². The van der Waals surface area contributed by atoms with Crippen LogP contribution in [0.5, 0.6) is 0 Å². The van der Waals surface area contributed by atoms with Crippen LogP contribution in [0.3, 0.4) is 0 Å². The van der Waals surface area contributed by atoms with Crippen molar-refractivity contribution in [2.24, 2.45) is 5.92 Å². The highest BCUT2D eigenvalue weighted by atomic mass is 16.5. The van der Waals surface area contributed by atoms with Crippen molar-refractivity contribution < 1.29 is 9.32 Å². The number of rotatable bonds is 7. The summed E-state index contributed by atoms with van der Waals surface area (Å²) in [5, 5.41) is 7.49. The number of carbonyl (C=O) groups excluding carboxylic acids is 1. The van der Waals surface area contributed by atoms with E-state index in [1.54, 1.807) is 0 Å². The molecule has 1 aliphatic rings. The van der Waals surface area contributed by atoms with Crippen molar-refractivity contribution in [2.45, 2.75) is 39.3 Å². The number of piperidine rings is 1. The molecule has 2 heterocycles. The quantitative estimate of drug-likeness (QED) is 0.380. The molecule has 0 spiro atoms. The molecule has 1 saturated heterocycles. The first-order chi connectivity index (χ1) is 17.5. The lowest BCUT2D eigenvalue weighted by molar-refractivity contribution is -0.127. The lowest BCUT2D eigenvalue weighted by Crippen LogP contribution is -2.41. The van der Waals surface area contributed by atoms with Crippen LogP contribution in [0.25, 0.3) is 11.4 Å². The molecule has 0 bridgehead atoms. The number of hydrogen-bond donors (Lipinski definition) is 1. The third kappa shape index (κ3) is 5.71. The summed E-state index contributed by atoms with van der Waals surface area (Å²) in [5.41, 5.74) is 5.50. The van der Waals surface area contributed by atoms with Gasteiger partial charge in [0.1, 0.15) is 0 Å². The molecule has 0 radical (unpaired) electrons. The van der Waals surface area contributed by atoms with E-state index in [1.165, 1.54) is 5.56 Å². The van der Waals surface area contributed by atoms with Crippen LogP contribution in [0, 0.1) is 19.8 Å². The van der Waals surface area contributed by atoms with Gasteiger partial charge in [-0.15, -0.1) is 0 Å². The van der Waals surface area contributed by atoms with E-state index in [1.807, 2.05) is 49.4 Å². The van der Waals surface area contributed by atoms with Gasteiger partial charge in [0.25, 0.3) is 0 Å². The summed E-state index contributed by atoms with van der Waals surface area (Å²) in [6, 6.07) is 26.5. The fourth-order valence-corrected chi connectivity index (χ4v) is 4.88. The first-order valence-electron chi connectivity index (χ1n) is 12.6. The van der Waals surface area contributed by atoms with Crippen molar-refractivity contribution >= 4 is 5.91 Å². The van der Waals surface area contributed by atoms with Gasteiger partial charge in [0, 0.05) is 11.5 Å². The van der Waals surface area contributed by atoms with Gasteiger partial charge >= 0.3 is 0 Å². The molecule has 1 aliphatic heterocycles. The van der Waals surface area contributed by atoms with E-state index in [-0.39, 0.29) is 17.9 Å². The Bertz CT molecular complexity index is 1310. The second kappa shape index (κ2) is 10.9. The zero-order valence-electron chi connectivity index (χ0n) is 20.9. The normalized spacial score (nSPS) is 15.5. The van der Waals surface area contributed by atoms with Crippen LogP contribution >= 0.6 is 0 Å². The van der Waals surface area contributed by atoms with E-state index in [9.17, 15) is 4.79 Å². The molecule has 1 unspecified atom stereocenters. The molecule has 0 saturated carbocycles. The number of nitrogens with zero attached hydrogens (tertiary/aromatic N) is 3. The van der Waals surface area contributed by atoms with Gasteiger partial charge in [-0.1, -0.05) is 89.1 Å². The smallest absolute Gasteiger partial charge is 0.241 e. The van der Waals surface area contributed by atoms with Crippen LogP contribution < -0.4 is 5.32 Å². The third-order valence-corrected chi connectivity index (χ3v) is 6.86. The Balaban J connectivity index is 1.19. The Morgan fingerprint density at radius 2 is 1.64 bits per heavy atom. The minimum Gasteiger partial charge on any atom is -0.345 e. The maximum Gasteiger partial charge on any atom is 0.241 e. The topological polar surface area (TPSA) is 71.3 Å². The Labute approximate surface area is 212 Å². The fraction of sp³-hybridized carbons (Fsp3) is 0.300. The van der Waals surface area contributed by atoms with E-state index in [4.69, 9.17) is 4.52 Å². The number of aryl methyl sites for hydroxylation is 2. The summed E-state index contributed by atoms with van der Waals surface area (Å²) >= 11 is 0. The molecule has 1 aromatic heterocycles. The molecule has 6 heteroatoms. The van der Waals surface area contributed by atoms with Gasteiger partial charge in [-0.3, -0.25) is 9.69 Å². The lowest BCUT2D eigenvalue weighted by atomic mass is 9.93. The lowest BCUT2D eigenvalue weighted by Gasteiger charge is -2.31. The van der Waals surface area contributed by atoms with E-state index < -0.39 is 0 Å². The Hall–Kier alpha value is -3.77. The highest BCUT2D eigenvalue weighted by molar-refractivity contribution is 5.79. The molecule has 6 nitrogen and oxygen atoms in total. The summed E-state index contributed by atoms with van der Waals surface area (Å²) in [6.07, 6.45) is 1.61. The molecule has 1 amide bonds. The van der Waals surface area contributed by atoms with Gasteiger partial charge in [-0.05, 0) is 57.0 Å². The fourth-order valence-electron chi connectivity index (χ4n) is 4.88. The molecule has 0 aliphatic carbocycles. The van der Waals surface area contributed by atoms with Crippen molar-refractivity contribution in [3.63, 3.8) is 0 Å². The number of benzene rings is 3. The predicted octanol–water partition coefficient (Wildman–Crippen LogP) is 5.47. The third-order valence-electron chi connectivity index (χ3n) is 6.86. The zero-order valence-corrected chi connectivity index (χ0v) is 20.9. The van der Waals surface area contributed by atoms with Gasteiger partial charge in [-0.25, -0.2) is 0 Å². The maximum absolute atomic E-state index is 13.3. The van der Waals surface area contributed by atoms with Gasteiger partial charge in [-0.2, -0.15) is 4.98 Å². The van der Waals surface area contributed by atoms with Crippen LogP contribution in [0.4, 0.5) is 0 Å². The van der Waals surface area contributed by atoms with Gasteiger partial charge in [0.2, 0.25) is 17.6 Å². The number of likely N-dealkylation sites (tertiary alicyclic amines) is 1. The second-order valence-electron chi connectivity index (χ2n) is 9.70. The molecule has 1 fully saturated rings. The highest BCUT2D eigenvalue weighted by Crippen LogP contribution is 2.26. The van der Waals surface area contributed by atoms with Crippen molar-refractivity contribution in [2.75, 3.05) is 13.1 Å². The summed E-state index contributed by atoms with van der Waals surface area (Å²) in [5.74, 6) is 1.33. The Morgan fingerprint density at radius 1 is 0.944 bits per heavy atom. The standard InChI is InChI=1S/C30H32N4O2/c1-21-8-6-12-25(18-21)28(23-10-4-3-5-11-23)32-30(35)24-14-16-34(17-15-24)20-27-31-29(33-36-27)26-13-7-9-22(2)19-26/h3-13,18-19,24,28H,14-17,20H2,1-2H3,(H,32,35). The summed E-state index contributed by atoms with van der Waals surface area (Å²) in [6.45, 7) is 6.37. The molecule has 36 heavy (non-hydrogen) atoms. The van der Waals surface area contributed by atoms with Crippen LogP contribution in [0.15, 0.2) is 83.4 Å². The SMILES string of the molecule is Cc1cccc(-c2noc(CN3CCC(C(=O)NC(c4ccccc4)c4cccc(C)c4)CC3)n2)c1. The van der Waals surface area contributed by atoms with Crippen molar-refractivity contribution in [1.82, 2.24) is 20.4 Å².